The lowest BCUT2D eigenvalue weighted by atomic mass is 9.98. The third kappa shape index (κ3) is 8.11. The Kier molecular flexibility index (Phi) is 10.7. The molecule has 0 saturated carbocycles. The standard InChI is InChI=1S/C29H39N5O5S/c1-18(2)24-29-33-23(17-40-29)28(38)32-22(16-19-8-4-3-5-9-19)26(36)30-13-7-6-10-21(27(37)34-24)31-25(35)20-11-14-39-15-12-20/h3-5,8-9,17-18,20-22,24H,6-7,10-16H2,1-2H3,(H,30,36)(H,31,35)(H,32,38)(H,34,37)/t21-,22+,24+/m0/s1. The van der Waals surface area contributed by atoms with E-state index in [0.717, 1.165) is 5.56 Å². The highest BCUT2D eigenvalue weighted by Crippen LogP contribution is 2.26. The summed E-state index contributed by atoms with van der Waals surface area (Å²) >= 11 is 1.29. The van der Waals surface area contributed by atoms with E-state index in [2.05, 4.69) is 26.3 Å². The second kappa shape index (κ2) is 14.4. The Bertz CT molecular complexity index is 1160. The second-order valence-electron chi connectivity index (χ2n) is 10.8. The molecule has 0 unspecified atom stereocenters. The number of benzene rings is 1. The SMILES string of the molecule is CC(C)[C@H]1NC(=O)[C@@H](NC(=O)C2CCOCC2)CCCCNC(=O)[C@@H](Cc2ccccc2)NC(=O)c2csc1n2. The van der Waals surface area contributed by atoms with E-state index in [1.54, 1.807) is 5.38 Å². The third-order valence-corrected chi connectivity index (χ3v) is 8.26. The van der Waals surface area contributed by atoms with Gasteiger partial charge in [-0.15, -0.1) is 11.3 Å². The fourth-order valence-electron chi connectivity index (χ4n) is 4.92. The fraction of sp³-hybridized carbons (Fsp3) is 0.552. The van der Waals surface area contributed by atoms with Gasteiger partial charge in [-0.1, -0.05) is 44.2 Å². The number of carbonyl (C=O) groups excluding carboxylic acids is 4. The van der Waals surface area contributed by atoms with Crippen LogP contribution in [0.4, 0.5) is 0 Å². The number of nitrogens with zero attached hydrogens (tertiary/aromatic N) is 1. The van der Waals surface area contributed by atoms with Crippen LogP contribution in [0.25, 0.3) is 0 Å². The first-order chi connectivity index (χ1) is 19.3. The molecule has 1 aromatic carbocycles. The predicted octanol–water partition coefficient (Wildman–Crippen LogP) is 2.51. The van der Waals surface area contributed by atoms with Crippen LogP contribution in [0.1, 0.15) is 73.1 Å². The van der Waals surface area contributed by atoms with Crippen LogP contribution in [0.15, 0.2) is 35.7 Å². The summed E-state index contributed by atoms with van der Waals surface area (Å²) in [4.78, 5) is 57.3. The number of thiazole rings is 1. The maximum atomic E-state index is 13.5. The van der Waals surface area contributed by atoms with Gasteiger partial charge in [0.15, 0.2) is 0 Å². The van der Waals surface area contributed by atoms with Crippen LogP contribution >= 0.6 is 11.3 Å². The number of carbonyl (C=O) groups is 4. The smallest absolute Gasteiger partial charge is 0.271 e. The van der Waals surface area contributed by atoms with E-state index < -0.39 is 24.0 Å². The molecule has 0 spiro atoms. The highest BCUT2D eigenvalue weighted by Gasteiger charge is 2.31. The summed E-state index contributed by atoms with van der Waals surface area (Å²) in [5, 5.41) is 14.1. The van der Waals surface area contributed by atoms with Crippen molar-refractivity contribution in [2.75, 3.05) is 19.8 Å². The van der Waals surface area contributed by atoms with Gasteiger partial charge < -0.3 is 26.0 Å². The molecule has 2 aromatic rings. The minimum atomic E-state index is -0.764. The van der Waals surface area contributed by atoms with Crippen molar-refractivity contribution in [3.05, 3.63) is 52.0 Å². The molecule has 2 bridgehead atoms. The maximum absolute atomic E-state index is 13.5. The molecule has 10 nitrogen and oxygen atoms in total. The number of hydrogen-bond acceptors (Lipinski definition) is 7. The molecule has 0 radical (unpaired) electrons. The molecule has 4 rings (SSSR count). The largest absolute Gasteiger partial charge is 0.381 e. The average molecular weight is 570 g/mol. The number of rotatable bonds is 5. The summed E-state index contributed by atoms with van der Waals surface area (Å²) in [6, 6.07) is 7.63. The number of fused-ring (bicyclic) bond motifs is 2. The second-order valence-corrected chi connectivity index (χ2v) is 11.6. The van der Waals surface area contributed by atoms with Gasteiger partial charge in [0.2, 0.25) is 17.7 Å². The number of amides is 4. The highest BCUT2D eigenvalue weighted by atomic mass is 32.1. The van der Waals surface area contributed by atoms with E-state index in [-0.39, 0.29) is 35.3 Å². The Labute approximate surface area is 239 Å². The lowest BCUT2D eigenvalue weighted by Gasteiger charge is -2.27. The van der Waals surface area contributed by atoms with Crippen molar-refractivity contribution in [1.82, 2.24) is 26.3 Å². The normalized spacial score (nSPS) is 23.7. The van der Waals surface area contributed by atoms with Gasteiger partial charge in [0.05, 0.1) is 6.04 Å². The molecule has 0 aliphatic carbocycles. The van der Waals surface area contributed by atoms with Crippen molar-refractivity contribution in [3.8, 4) is 0 Å². The van der Waals surface area contributed by atoms with Gasteiger partial charge in [-0.3, -0.25) is 19.2 Å². The van der Waals surface area contributed by atoms with Gasteiger partial charge in [-0.05, 0) is 43.6 Å². The Morgan fingerprint density at radius 1 is 1.05 bits per heavy atom. The zero-order chi connectivity index (χ0) is 28.5. The van der Waals surface area contributed by atoms with Gasteiger partial charge in [-0.25, -0.2) is 4.98 Å². The average Bonchev–Trinajstić information content (AvgIpc) is 3.45. The topological polar surface area (TPSA) is 139 Å². The van der Waals surface area contributed by atoms with Crippen molar-refractivity contribution < 1.29 is 23.9 Å². The first kappa shape index (κ1) is 29.7. The molecule has 2 aliphatic heterocycles. The van der Waals surface area contributed by atoms with Crippen LogP contribution in [0, 0.1) is 11.8 Å². The minimum Gasteiger partial charge on any atom is -0.381 e. The van der Waals surface area contributed by atoms with Crippen LogP contribution < -0.4 is 21.3 Å². The van der Waals surface area contributed by atoms with E-state index in [0.29, 0.717) is 63.3 Å². The molecule has 4 N–H and O–H groups in total. The highest BCUT2D eigenvalue weighted by molar-refractivity contribution is 7.09. The van der Waals surface area contributed by atoms with Crippen LogP contribution in [0.5, 0.6) is 0 Å². The molecule has 216 valence electrons. The Morgan fingerprint density at radius 3 is 2.52 bits per heavy atom. The van der Waals surface area contributed by atoms with Gasteiger partial charge in [0.1, 0.15) is 22.8 Å². The predicted molar refractivity (Wildman–Crippen MR) is 152 cm³/mol. The molecule has 3 heterocycles. The van der Waals surface area contributed by atoms with E-state index in [9.17, 15) is 19.2 Å². The van der Waals surface area contributed by atoms with Crippen LogP contribution in [0.2, 0.25) is 0 Å². The quantitative estimate of drug-likeness (QED) is 0.437. The van der Waals surface area contributed by atoms with E-state index in [1.165, 1.54) is 11.3 Å². The summed E-state index contributed by atoms with van der Waals surface area (Å²) in [5.41, 5.74) is 1.13. The summed E-state index contributed by atoms with van der Waals surface area (Å²) < 4.78 is 5.38. The molecule has 2 aliphatic rings. The molecule has 1 saturated heterocycles. The Morgan fingerprint density at radius 2 is 1.80 bits per heavy atom. The van der Waals surface area contributed by atoms with Crippen molar-refractivity contribution >= 4 is 35.0 Å². The van der Waals surface area contributed by atoms with Crippen molar-refractivity contribution in [2.24, 2.45) is 11.8 Å². The molecular formula is C29H39N5O5S. The molecule has 3 atom stereocenters. The maximum Gasteiger partial charge on any atom is 0.271 e. The van der Waals surface area contributed by atoms with Crippen LogP contribution in [-0.2, 0) is 25.5 Å². The minimum absolute atomic E-state index is 0.00616. The van der Waals surface area contributed by atoms with Crippen molar-refractivity contribution in [2.45, 2.75) is 70.5 Å². The molecule has 1 aromatic heterocycles. The van der Waals surface area contributed by atoms with Crippen LogP contribution in [0.3, 0.4) is 0 Å². The summed E-state index contributed by atoms with van der Waals surface area (Å²) in [5.74, 6) is -1.32. The lowest BCUT2D eigenvalue weighted by molar-refractivity contribution is -0.133. The summed E-state index contributed by atoms with van der Waals surface area (Å²) in [6.07, 6.45) is 3.30. The number of hydrogen-bond donors (Lipinski definition) is 4. The molecule has 11 heteroatoms. The monoisotopic (exact) mass is 569 g/mol. The molecule has 4 amide bonds. The zero-order valence-electron chi connectivity index (χ0n) is 23.1. The number of aromatic nitrogens is 1. The van der Waals surface area contributed by atoms with E-state index in [4.69, 9.17) is 4.74 Å². The first-order valence-electron chi connectivity index (χ1n) is 14.1. The first-order valence-corrected chi connectivity index (χ1v) is 15.0. The Hall–Kier alpha value is -3.31. The van der Waals surface area contributed by atoms with E-state index in [1.807, 2.05) is 44.2 Å². The van der Waals surface area contributed by atoms with E-state index >= 15 is 0 Å². The van der Waals surface area contributed by atoms with Gasteiger partial charge in [0, 0.05) is 37.5 Å². The lowest BCUT2D eigenvalue weighted by Crippen LogP contribution is -2.50. The number of ether oxygens (including phenoxy) is 1. The van der Waals surface area contributed by atoms with Gasteiger partial charge >= 0.3 is 0 Å². The summed E-state index contributed by atoms with van der Waals surface area (Å²) in [7, 11) is 0. The van der Waals surface area contributed by atoms with Crippen LogP contribution in [-0.4, -0.2) is 60.5 Å². The molecular weight excluding hydrogens is 530 g/mol. The van der Waals surface area contributed by atoms with Gasteiger partial charge in [0.25, 0.3) is 5.91 Å². The summed E-state index contributed by atoms with van der Waals surface area (Å²) in [6.45, 7) is 5.41. The van der Waals surface area contributed by atoms with Crippen molar-refractivity contribution in [1.29, 1.82) is 0 Å². The number of nitrogens with one attached hydrogen (secondary N) is 4. The molecule has 40 heavy (non-hydrogen) atoms. The Balaban J connectivity index is 1.55. The van der Waals surface area contributed by atoms with Gasteiger partial charge in [-0.2, -0.15) is 0 Å². The zero-order valence-corrected chi connectivity index (χ0v) is 23.9. The van der Waals surface area contributed by atoms with Crippen molar-refractivity contribution in [3.63, 3.8) is 0 Å². The third-order valence-electron chi connectivity index (χ3n) is 7.33. The molecule has 1 fully saturated rings. The fourth-order valence-corrected chi connectivity index (χ4v) is 5.94.